The van der Waals surface area contributed by atoms with Gasteiger partial charge >= 0.3 is 6.09 Å². The van der Waals surface area contributed by atoms with Crippen molar-refractivity contribution in [1.82, 2.24) is 20.2 Å². The number of sulfonamides is 1. The van der Waals surface area contributed by atoms with Crippen LogP contribution in [0.15, 0.2) is 46.1 Å². The van der Waals surface area contributed by atoms with E-state index >= 15 is 0 Å². The molecular formula is C26H35N5O5S2. The van der Waals surface area contributed by atoms with Gasteiger partial charge in [-0.3, -0.25) is 0 Å². The fraction of sp³-hybridized carbons (Fsp3) is 0.500. The van der Waals surface area contributed by atoms with Crippen molar-refractivity contribution < 1.29 is 22.5 Å². The molecule has 2 aromatic heterocycles. The monoisotopic (exact) mass is 561 g/mol. The molecule has 10 nitrogen and oxygen atoms in total. The summed E-state index contributed by atoms with van der Waals surface area (Å²) in [6.07, 6.45) is 6.17. The van der Waals surface area contributed by atoms with Crippen molar-refractivity contribution in [2.75, 3.05) is 5.32 Å². The summed E-state index contributed by atoms with van der Waals surface area (Å²) in [5, 5.41) is 10.6. The molecule has 0 radical (unpaired) electrons. The number of hydrogen-bond donors (Lipinski definition) is 3. The third-order valence-electron chi connectivity index (χ3n) is 5.95. The fourth-order valence-electron chi connectivity index (χ4n) is 4.41. The molecule has 3 aromatic rings. The van der Waals surface area contributed by atoms with Gasteiger partial charge in [0.05, 0.1) is 27.1 Å². The second-order valence-electron chi connectivity index (χ2n) is 10.8. The quantitative estimate of drug-likeness (QED) is 0.315. The first-order chi connectivity index (χ1) is 17.9. The van der Waals surface area contributed by atoms with Gasteiger partial charge < -0.3 is 19.9 Å². The number of thiazole rings is 1. The molecule has 3 N–H and O–H groups in total. The standard InChI is InChI=1S/C26H35N5O5S2/c1-16(2)35-25(32)30-18-8-6-17(7-9-18)24-27-15-21(37-24)20-11-10-19(29-23-12-13-28-36-23)14-22(20)38(33,34)31-26(3,4)5/h10-18,29,31H,6-9H2,1-5H3,(H,30,32)/t17-,18-. The van der Waals surface area contributed by atoms with E-state index in [-0.39, 0.29) is 29.1 Å². The smallest absolute Gasteiger partial charge is 0.407 e. The molecule has 1 amide bonds. The zero-order valence-corrected chi connectivity index (χ0v) is 23.9. The molecule has 1 fully saturated rings. The maximum atomic E-state index is 13.5. The Bertz CT molecular complexity index is 1340. The van der Waals surface area contributed by atoms with Crippen molar-refractivity contribution in [1.29, 1.82) is 0 Å². The minimum Gasteiger partial charge on any atom is -0.447 e. The van der Waals surface area contributed by atoms with E-state index in [1.54, 1.807) is 51.2 Å². The summed E-state index contributed by atoms with van der Waals surface area (Å²) < 4.78 is 40.0. The molecule has 0 unspecified atom stereocenters. The summed E-state index contributed by atoms with van der Waals surface area (Å²) in [6, 6.07) is 6.93. The molecule has 0 aliphatic heterocycles. The molecule has 0 bridgehead atoms. The van der Waals surface area contributed by atoms with E-state index < -0.39 is 15.6 Å². The molecular weight excluding hydrogens is 526 g/mol. The Morgan fingerprint density at radius 1 is 1.16 bits per heavy atom. The van der Waals surface area contributed by atoms with Crippen LogP contribution in [0.3, 0.4) is 0 Å². The number of alkyl carbamates (subject to hydrolysis) is 1. The SMILES string of the molecule is CC(C)OC(=O)N[C@H]1CC[C@H](c2ncc(-c3ccc(Nc4ccno4)cc3S(=O)(=O)NC(C)(C)C)s2)CC1. The van der Waals surface area contributed by atoms with Crippen molar-refractivity contribution in [3.63, 3.8) is 0 Å². The maximum Gasteiger partial charge on any atom is 0.407 e. The molecule has 0 spiro atoms. The zero-order chi connectivity index (χ0) is 27.5. The Labute approximate surface area is 227 Å². The van der Waals surface area contributed by atoms with Crippen LogP contribution in [-0.4, -0.2) is 42.3 Å². The summed E-state index contributed by atoms with van der Waals surface area (Å²) in [5.41, 5.74) is 0.490. The van der Waals surface area contributed by atoms with E-state index in [2.05, 4.69) is 25.5 Å². The number of aromatic nitrogens is 2. The van der Waals surface area contributed by atoms with Crippen molar-refractivity contribution >= 4 is 39.0 Å². The van der Waals surface area contributed by atoms with Crippen molar-refractivity contribution in [3.8, 4) is 10.4 Å². The van der Waals surface area contributed by atoms with Gasteiger partial charge in [-0.2, -0.15) is 0 Å². The number of anilines is 2. The topological polar surface area (TPSA) is 135 Å². The summed E-state index contributed by atoms with van der Waals surface area (Å²) >= 11 is 1.51. The predicted octanol–water partition coefficient (Wildman–Crippen LogP) is 5.78. The summed E-state index contributed by atoms with van der Waals surface area (Å²) in [6.45, 7) is 9.07. The summed E-state index contributed by atoms with van der Waals surface area (Å²) in [4.78, 5) is 17.5. The first-order valence-corrected chi connectivity index (χ1v) is 15.0. The molecule has 1 saturated carbocycles. The van der Waals surface area contributed by atoms with Gasteiger partial charge in [0.15, 0.2) is 0 Å². The lowest BCUT2D eigenvalue weighted by Gasteiger charge is -2.28. The van der Waals surface area contributed by atoms with Crippen LogP contribution in [0, 0.1) is 0 Å². The van der Waals surface area contributed by atoms with Crippen LogP contribution in [0.1, 0.15) is 71.2 Å². The van der Waals surface area contributed by atoms with Crippen LogP contribution >= 0.6 is 11.3 Å². The Balaban J connectivity index is 1.54. The average Bonchev–Trinajstić information content (AvgIpc) is 3.50. The van der Waals surface area contributed by atoms with Gasteiger partial charge in [0.25, 0.3) is 0 Å². The number of benzene rings is 1. The number of carbonyl (C=O) groups is 1. The molecule has 12 heteroatoms. The van der Waals surface area contributed by atoms with Crippen LogP contribution in [0.25, 0.3) is 10.4 Å². The number of nitrogens with zero attached hydrogens (tertiary/aromatic N) is 2. The molecule has 38 heavy (non-hydrogen) atoms. The van der Waals surface area contributed by atoms with E-state index in [0.717, 1.165) is 35.6 Å². The molecule has 1 aliphatic rings. The fourth-order valence-corrected chi connectivity index (χ4v) is 7.26. The zero-order valence-electron chi connectivity index (χ0n) is 22.3. The van der Waals surface area contributed by atoms with Crippen LogP contribution in [0.2, 0.25) is 0 Å². The van der Waals surface area contributed by atoms with E-state index in [0.29, 0.717) is 17.1 Å². The lowest BCUT2D eigenvalue weighted by Crippen LogP contribution is -2.40. The summed E-state index contributed by atoms with van der Waals surface area (Å²) in [7, 11) is -3.85. The summed E-state index contributed by atoms with van der Waals surface area (Å²) in [5.74, 6) is 0.667. The maximum absolute atomic E-state index is 13.5. The van der Waals surface area contributed by atoms with Crippen LogP contribution in [0.5, 0.6) is 0 Å². The largest absolute Gasteiger partial charge is 0.447 e. The van der Waals surface area contributed by atoms with E-state index in [9.17, 15) is 13.2 Å². The highest BCUT2D eigenvalue weighted by Gasteiger charge is 2.29. The highest BCUT2D eigenvalue weighted by Crippen LogP contribution is 2.40. The molecule has 1 aromatic carbocycles. The van der Waals surface area contributed by atoms with Gasteiger partial charge in [0.1, 0.15) is 0 Å². The second kappa shape index (κ2) is 11.4. The number of hydrogen-bond acceptors (Lipinski definition) is 9. The number of amides is 1. The third-order valence-corrected chi connectivity index (χ3v) is 8.94. The third kappa shape index (κ3) is 7.33. The highest BCUT2D eigenvalue weighted by atomic mass is 32.2. The van der Waals surface area contributed by atoms with Crippen molar-refractivity contribution in [2.24, 2.45) is 0 Å². The second-order valence-corrected chi connectivity index (χ2v) is 13.5. The van der Waals surface area contributed by atoms with Gasteiger partial charge in [-0.15, -0.1) is 11.3 Å². The number of carbonyl (C=O) groups excluding carboxylic acids is 1. The Morgan fingerprint density at radius 3 is 2.53 bits per heavy atom. The number of nitrogens with one attached hydrogen (secondary N) is 3. The number of rotatable bonds is 8. The Hall–Kier alpha value is -2.96. The van der Waals surface area contributed by atoms with Gasteiger partial charge in [0.2, 0.25) is 15.9 Å². The van der Waals surface area contributed by atoms with Crippen LogP contribution in [-0.2, 0) is 14.8 Å². The van der Waals surface area contributed by atoms with Gasteiger partial charge in [-0.1, -0.05) is 11.2 Å². The highest BCUT2D eigenvalue weighted by molar-refractivity contribution is 7.89. The van der Waals surface area contributed by atoms with E-state index in [4.69, 9.17) is 9.26 Å². The molecule has 1 aliphatic carbocycles. The normalized spacial score (nSPS) is 18.4. The first kappa shape index (κ1) is 28.1. The van der Waals surface area contributed by atoms with E-state index in [1.165, 1.54) is 17.5 Å². The first-order valence-electron chi connectivity index (χ1n) is 12.7. The minimum absolute atomic E-state index is 0.0848. The van der Waals surface area contributed by atoms with Gasteiger partial charge in [-0.05, 0) is 72.4 Å². The molecule has 206 valence electrons. The van der Waals surface area contributed by atoms with Crippen molar-refractivity contribution in [3.05, 3.63) is 41.7 Å². The Morgan fingerprint density at radius 2 is 1.89 bits per heavy atom. The van der Waals surface area contributed by atoms with Crippen molar-refractivity contribution in [2.45, 2.75) is 88.8 Å². The predicted molar refractivity (Wildman–Crippen MR) is 147 cm³/mol. The van der Waals surface area contributed by atoms with Gasteiger partial charge in [0, 0.05) is 41.0 Å². The lowest BCUT2D eigenvalue weighted by molar-refractivity contribution is 0.109. The molecule has 0 saturated heterocycles. The number of ether oxygens (including phenoxy) is 1. The average molecular weight is 562 g/mol. The lowest BCUT2D eigenvalue weighted by atomic mass is 9.86. The molecule has 0 atom stereocenters. The molecule has 4 rings (SSSR count). The molecule has 2 heterocycles. The van der Waals surface area contributed by atoms with Crippen LogP contribution in [0.4, 0.5) is 16.4 Å². The Kier molecular flexibility index (Phi) is 8.43. The van der Waals surface area contributed by atoms with Crippen LogP contribution < -0.4 is 15.4 Å². The minimum atomic E-state index is -3.85. The van der Waals surface area contributed by atoms with E-state index in [1.807, 2.05) is 13.8 Å². The van der Waals surface area contributed by atoms with Gasteiger partial charge in [-0.25, -0.2) is 22.9 Å².